The lowest BCUT2D eigenvalue weighted by Gasteiger charge is -2.47. The van der Waals surface area contributed by atoms with Crippen LogP contribution in [0, 0.1) is 30.6 Å². The van der Waals surface area contributed by atoms with Crippen molar-refractivity contribution in [3.05, 3.63) is 75.7 Å². The van der Waals surface area contributed by atoms with E-state index in [2.05, 4.69) is 34.9 Å². The van der Waals surface area contributed by atoms with Gasteiger partial charge in [-0.25, -0.2) is 14.5 Å². The van der Waals surface area contributed by atoms with Crippen molar-refractivity contribution in [3.63, 3.8) is 0 Å². The molecule has 1 N–H and O–H groups in total. The van der Waals surface area contributed by atoms with E-state index in [1.54, 1.807) is 10.9 Å². The summed E-state index contributed by atoms with van der Waals surface area (Å²) in [7, 11) is 0. The molecule has 0 bridgehead atoms. The van der Waals surface area contributed by atoms with E-state index in [1.807, 2.05) is 44.4 Å². The van der Waals surface area contributed by atoms with Crippen LogP contribution in [0.25, 0.3) is 5.82 Å². The minimum Gasteiger partial charge on any atom is -0.457 e. The zero-order chi connectivity index (χ0) is 24.9. The third-order valence-electron chi connectivity index (χ3n) is 7.37. The first-order valence-corrected chi connectivity index (χ1v) is 11.8. The number of carbonyl (C=O) groups is 1. The van der Waals surface area contributed by atoms with Gasteiger partial charge in [0.1, 0.15) is 12.7 Å². The average Bonchev–Trinajstić information content (AvgIpc) is 3.43. The molecular formula is C27H29N5O3. The first kappa shape index (κ1) is 23.2. The smallest absolute Gasteiger partial charge is 0.338 e. The van der Waals surface area contributed by atoms with E-state index < -0.39 is 6.10 Å². The number of nitrogens with zero attached hydrogens (tertiary/aromatic N) is 5. The Hall–Kier alpha value is -3.54. The number of cyclic esters (lactones) is 1. The topological polar surface area (TPSA) is 104 Å². The van der Waals surface area contributed by atoms with Gasteiger partial charge < -0.3 is 9.84 Å². The molecule has 2 atom stereocenters. The Morgan fingerprint density at radius 2 is 2.09 bits per heavy atom. The van der Waals surface area contributed by atoms with Crippen LogP contribution >= 0.6 is 0 Å². The second kappa shape index (κ2) is 8.59. The lowest BCUT2D eigenvalue weighted by molar-refractivity contribution is -0.0443. The summed E-state index contributed by atoms with van der Waals surface area (Å²) in [6, 6.07) is 7.81. The molecule has 5 rings (SSSR count). The maximum absolute atomic E-state index is 12.0. The van der Waals surface area contributed by atoms with Crippen LogP contribution in [0.3, 0.4) is 0 Å². The molecule has 35 heavy (non-hydrogen) atoms. The van der Waals surface area contributed by atoms with Crippen LogP contribution in [0.5, 0.6) is 0 Å². The molecule has 3 aromatic rings. The Morgan fingerprint density at radius 1 is 1.29 bits per heavy atom. The second-order valence-electron chi connectivity index (χ2n) is 10.4. The minimum absolute atomic E-state index is 0.0855. The number of aliphatic hydroxyl groups excluding tert-OH is 1. The van der Waals surface area contributed by atoms with Gasteiger partial charge in [0.25, 0.3) is 0 Å². The van der Waals surface area contributed by atoms with Crippen LogP contribution < -0.4 is 0 Å². The van der Waals surface area contributed by atoms with Crippen molar-refractivity contribution in [1.82, 2.24) is 19.7 Å². The summed E-state index contributed by atoms with van der Waals surface area (Å²) >= 11 is 0. The number of likely N-dealkylation sites (tertiary alicyclic amines) is 1. The predicted molar refractivity (Wildman–Crippen MR) is 129 cm³/mol. The van der Waals surface area contributed by atoms with Gasteiger partial charge in [0, 0.05) is 54.5 Å². The molecule has 180 valence electrons. The van der Waals surface area contributed by atoms with Gasteiger partial charge in [0.15, 0.2) is 5.82 Å². The molecule has 1 fully saturated rings. The quantitative estimate of drug-likeness (QED) is 0.582. The van der Waals surface area contributed by atoms with E-state index in [1.165, 1.54) is 0 Å². The highest BCUT2D eigenvalue weighted by atomic mass is 16.5. The molecule has 0 saturated carbocycles. The summed E-state index contributed by atoms with van der Waals surface area (Å²) in [5.74, 6) is 0.313. The van der Waals surface area contributed by atoms with Crippen LogP contribution in [0.4, 0.5) is 0 Å². The molecule has 2 aliphatic heterocycles. The van der Waals surface area contributed by atoms with E-state index in [0.29, 0.717) is 36.6 Å². The van der Waals surface area contributed by atoms with Crippen LogP contribution in [-0.2, 0) is 17.9 Å². The van der Waals surface area contributed by atoms with Crippen molar-refractivity contribution >= 4 is 5.97 Å². The lowest BCUT2D eigenvalue weighted by atomic mass is 9.72. The van der Waals surface area contributed by atoms with Crippen molar-refractivity contribution in [3.8, 4) is 11.9 Å². The minimum atomic E-state index is -0.512. The van der Waals surface area contributed by atoms with Crippen molar-refractivity contribution in [2.75, 3.05) is 13.1 Å². The van der Waals surface area contributed by atoms with Gasteiger partial charge in [-0.2, -0.15) is 10.4 Å². The summed E-state index contributed by atoms with van der Waals surface area (Å²) in [6.07, 6.45) is 4.86. The number of carbonyl (C=O) groups excluding carboxylic acids is 1. The second-order valence-corrected chi connectivity index (χ2v) is 10.4. The Bertz CT molecular complexity index is 1350. The third kappa shape index (κ3) is 4.11. The standard InChI is InChI=1S/C27H29N5O3/c1-16-7-24(29-10-19(16)8-28)32-12-18(9-30-32)11-31-13-22(25(33)27(3,4)15-31)20-5-6-21-23(17(20)2)14-35-26(21)34/h5-7,9-10,12,22,25,33H,11,13-15H2,1-4H3. The summed E-state index contributed by atoms with van der Waals surface area (Å²) in [6.45, 7) is 10.5. The summed E-state index contributed by atoms with van der Waals surface area (Å²) in [5, 5.41) is 24.9. The zero-order valence-corrected chi connectivity index (χ0v) is 20.4. The van der Waals surface area contributed by atoms with Crippen LogP contribution in [0.15, 0.2) is 36.8 Å². The molecule has 0 aliphatic carbocycles. The SMILES string of the molecule is Cc1cc(-n2cc(CN3CC(c4ccc5c(c4C)COC5=O)C(O)C(C)(C)C3)cn2)ncc1C#N. The van der Waals surface area contributed by atoms with Gasteiger partial charge in [-0.1, -0.05) is 19.9 Å². The van der Waals surface area contributed by atoms with E-state index in [0.717, 1.165) is 34.4 Å². The largest absolute Gasteiger partial charge is 0.457 e. The Labute approximate surface area is 204 Å². The number of aryl methyl sites for hydroxylation is 1. The first-order chi connectivity index (χ1) is 16.7. The molecular weight excluding hydrogens is 442 g/mol. The van der Waals surface area contributed by atoms with Gasteiger partial charge >= 0.3 is 5.97 Å². The molecule has 2 aliphatic rings. The summed E-state index contributed by atoms with van der Waals surface area (Å²) in [4.78, 5) is 18.7. The van der Waals surface area contributed by atoms with Gasteiger partial charge in [0.05, 0.1) is 23.4 Å². The number of aromatic nitrogens is 3. The number of rotatable bonds is 4. The molecule has 2 unspecified atom stereocenters. The number of aliphatic hydroxyl groups is 1. The van der Waals surface area contributed by atoms with Gasteiger partial charge in [-0.05, 0) is 42.7 Å². The number of pyridine rings is 1. The van der Waals surface area contributed by atoms with E-state index in [-0.39, 0.29) is 17.3 Å². The van der Waals surface area contributed by atoms with Gasteiger partial charge in [-0.3, -0.25) is 4.90 Å². The number of benzene rings is 1. The van der Waals surface area contributed by atoms with E-state index in [9.17, 15) is 9.90 Å². The zero-order valence-electron chi connectivity index (χ0n) is 20.4. The number of ether oxygens (including phenoxy) is 1. The molecule has 0 spiro atoms. The maximum atomic E-state index is 12.0. The number of fused-ring (bicyclic) bond motifs is 1. The lowest BCUT2D eigenvalue weighted by Crippen LogP contribution is -2.52. The summed E-state index contributed by atoms with van der Waals surface area (Å²) < 4.78 is 6.96. The molecule has 0 radical (unpaired) electrons. The van der Waals surface area contributed by atoms with E-state index in [4.69, 9.17) is 10.00 Å². The predicted octanol–water partition coefficient (Wildman–Crippen LogP) is 3.41. The highest BCUT2D eigenvalue weighted by Gasteiger charge is 2.43. The van der Waals surface area contributed by atoms with Crippen molar-refractivity contribution in [1.29, 1.82) is 5.26 Å². The van der Waals surface area contributed by atoms with Gasteiger partial charge in [-0.15, -0.1) is 0 Å². The molecule has 1 saturated heterocycles. The van der Waals surface area contributed by atoms with Gasteiger partial charge in [0.2, 0.25) is 0 Å². The van der Waals surface area contributed by atoms with Crippen LogP contribution in [0.1, 0.15) is 63.5 Å². The highest BCUT2D eigenvalue weighted by molar-refractivity contribution is 5.94. The summed E-state index contributed by atoms with van der Waals surface area (Å²) in [5.41, 5.74) is 5.81. The number of hydrogen-bond donors (Lipinski definition) is 1. The molecule has 2 aromatic heterocycles. The Morgan fingerprint density at radius 3 is 2.83 bits per heavy atom. The number of nitriles is 1. The fourth-order valence-electron chi connectivity index (χ4n) is 5.42. The van der Waals surface area contributed by atoms with Crippen molar-refractivity contribution in [2.45, 2.75) is 52.9 Å². The molecule has 1 aromatic carbocycles. The van der Waals surface area contributed by atoms with Crippen molar-refractivity contribution in [2.24, 2.45) is 5.41 Å². The van der Waals surface area contributed by atoms with Crippen LogP contribution in [0.2, 0.25) is 0 Å². The number of esters is 1. The fourth-order valence-corrected chi connectivity index (χ4v) is 5.42. The average molecular weight is 472 g/mol. The number of piperidine rings is 1. The Balaban J connectivity index is 1.39. The third-order valence-corrected chi connectivity index (χ3v) is 7.37. The molecule has 8 heteroatoms. The fraction of sp³-hybridized carbons (Fsp3) is 0.407. The molecule has 0 amide bonds. The number of hydrogen-bond acceptors (Lipinski definition) is 7. The first-order valence-electron chi connectivity index (χ1n) is 11.8. The normalized spacial score (nSPS) is 21.4. The van der Waals surface area contributed by atoms with E-state index >= 15 is 0 Å². The molecule has 8 nitrogen and oxygen atoms in total. The van der Waals surface area contributed by atoms with Crippen LogP contribution in [-0.4, -0.2) is 49.9 Å². The molecule has 4 heterocycles. The maximum Gasteiger partial charge on any atom is 0.338 e. The Kier molecular flexibility index (Phi) is 5.70. The van der Waals surface area contributed by atoms with Crippen molar-refractivity contribution < 1.29 is 14.6 Å². The monoisotopic (exact) mass is 471 g/mol. The highest BCUT2D eigenvalue weighted by Crippen LogP contribution is 2.41.